The number of fused-ring (bicyclic) bond motifs is 1. The van der Waals surface area contributed by atoms with Gasteiger partial charge >= 0.3 is 0 Å². The number of nitrogens with one attached hydrogen (secondary N) is 3. The maximum absolute atomic E-state index is 13.3. The van der Waals surface area contributed by atoms with E-state index < -0.39 is 35.3 Å². The van der Waals surface area contributed by atoms with Crippen LogP contribution in [0.4, 0.5) is 4.39 Å². The zero-order valence-electron chi connectivity index (χ0n) is 17.2. The van der Waals surface area contributed by atoms with E-state index in [1.54, 1.807) is 6.07 Å². The molecule has 5 N–H and O–H groups in total. The van der Waals surface area contributed by atoms with Crippen LogP contribution in [0.15, 0.2) is 30.3 Å². The summed E-state index contributed by atoms with van der Waals surface area (Å²) < 4.78 is 13.3. The average Bonchev–Trinajstić information content (AvgIpc) is 3.13. The van der Waals surface area contributed by atoms with Gasteiger partial charge in [-0.05, 0) is 24.5 Å². The number of hydrogen-bond acceptors (Lipinski definition) is 4. The summed E-state index contributed by atoms with van der Waals surface area (Å²) in [5, 5.41) is 4.05. The van der Waals surface area contributed by atoms with Crippen molar-refractivity contribution in [2.45, 2.75) is 38.4 Å². The predicted octanol–water partition coefficient (Wildman–Crippen LogP) is 1.58. The summed E-state index contributed by atoms with van der Waals surface area (Å²) in [6, 6.07) is 7.92. The van der Waals surface area contributed by atoms with Crippen LogP contribution >= 0.6 is 11.6 Å². The summed E-state index contributed by atoms with van der Waals surface area (Å²) in [5.74, 6) is -3.26. The number of alkyl halides is 2. The highest BCUT2D eigenvalue weighted by Gasteiger charge is 2.29. The van der Waals surface area contributed by atoms with Gasteiger partial charge in [0.15, 0.2) is 0 Å². The van der Waals surface area contributed by atoms with Crippen LogP contribution < -0.4 is 16.5 Å². The van der Waals surface area contributed by atoms with Crippen LogP contribution in [0.2, 0.25) is 0 Å². The number of carbonyl (C=O) groups is 4. The van der Waals surface area contributed by atoms with Crippen molar-refractivity contribution in [3.8, 4) is 0 Å². The summed E-state index contributed by atoms with van der Waals surface area (Å²) >= 11 is 5.19. The number of primary amides is 1. The first kappa shape index (κ1) is 24.1. The number of aromatic amines is 1. The second-order valence-corrected chi connectivity index (χ2v) is 7.79. The quantitative estimate of drug-likeness (QED) is 0.338. The summed E-state index contributed by atoms with van der Waals surface area (Å²) in [6.45, 7) is 3.33. The molecule has 11 heteroatoms. The summed E-state index contributed by atoms with van der Waals surface area (Å²) in [7, 11) is 0. The van der Waals surface area contributed by atoms with Crippen LogP contribution in [0.1, 0.15) is 37.2 Å². The molecule has 1 heterocycles. The molecule has 168 valence electrons. The van der Waals surface area contributed by atoms with Crippen LogP contribution in [0.3, 0.4) is 0 Å². The van der Waals surface area contributed by atoms with Crippen molar-refractivity contribution < 1.29 is 23.6 Å². The monoisotopic (exact) mass is 453 g/mol. The summed E-state index contributed by atoms with van der Waals surface area (Å²) in [6.07, 6.45) is -0.0680. The number of para-hydroxylation sites is 1. The number of aromatic nitrogens is 1. The Morgan fingerprint density at radius 3 is 2.48 bits per heavy atom. The lowest BCUT2D eigenvalue weighted by Gasteiger charge is -2.27. The van der Waals surface area contributed by atoms with Crippen molar-refractivity contribution in [1.82, 2.24) is 20.7 Å². The van der Waals surface area contributed by atoms with Gasteiger partial charge in [-0.3, -0.25) is 24.6 Å². The van der Waals surface area contributed by atoms with Crippen LogP contribution in [-0.4, -0.2) is 51.8 Å². The fourth-order valence-corrected chi connectivity index (χ4v) is 3.02. The minimum Gasteiger partial charge on any atom is -0.370 e. The van der Waals surface area contributed by atoms with Gasteiger partial charge in [-0.1, -0.05) is 43.6 Å². The maximum Gasteiger partial charge on any atom is 0.291 e. The minimum atomic E-state index is -2.42. The van der Waals surface area contributed by atoms with E-state index in [0.29, 0.717) is 5.01 Å². The highest BCUT2D eigenvalue weighted by atomic mass is 35.5. The van der Waals surface area contributed by atoms with Gasteiger partial charge < -0.3 is 16.0 Å². The van der Waals surface area contributed by atoms with Crippen molar-refractivity contribution in [3.63, 3.8) is 0 Å². The largest absolute Gasteiger partial charge is 0.370 e. The molecule has 0 saturated heterocycles. The average molecular weight is 454 g/mol. The highest BCUT2D eigenvalue weighted by Crippen LogP contribution is 2.15. The number of rotatable bonds is 9. The van der Waals surface area contributed by atoms with Crippen LogP contribution in [-0.2, 0) is 14.4 Å². The Labute approximate surface area is 183 Å². The molecule has 2 atom stereocenters. The number of hydrogen-bond donors (Lipinski definition) is 4. The van der Waals surface area contributed by atoms with Gasteiger partial charge in [-0.2, -0.15) is 0 Å². The van der Waals surface area contributed by atoms with E-state index >= 15 is 0 Å². The Balaban J connectivity index is 2.16. The molecule has 2 aromatic rings. The van der Waals surface area contributed by atoms with Crippen molar-refractivity contribution in [1.29, 1.82) is 0 Å². The third-order valence-corrected chi connectivity index (χ3v) is 4.57. The Morgan fingerprint density at radius 2 is 1.90 bits per heavy atom. The SMILES string of the molecule is CC(C)C[C@@H](NC(=O)c1cc2ccccc2[nH]1)C(=O)NN(CCC(N)=O)C(=O)[C@@H](F)Cl. The number of hydrazine groups is 1. The molecule has 4 amide bonds. The van der Waals surface area contributed by atoms with E-state index in [-0.39, 0.29) is 31.0 Å². The molecule has 0 spiro atoms. The Kier molecular flexibility index (Phi) is 8.38. The molecule has 1 aromatic carbocycles. The number of carbonyl (C=O) groups excluding carboxylic acids is 4. The molecule has 0 saturated carbocycles. The molecule has 2 rings (SSSR count). The van der Waals surface area contributed by atoms with E-state index in [1.807, 2.05) is 38.1 Å². The van der Waals surface area contributed by atoms with Crippen molar-refractivity contribution in [2.24, 2.45) is 11.7 Å². The summed E-state index contributed by atoms with van der Waals surface area (Å²) in [4.78, 5) is 51.4. The zero-order valence-corrected chi connectivity index (χ0v) is 17.9. The highest BCUT2D eigenvalue weighted by molar-refractivity contribution is 6.29. The number of benzene rings is 1. The van der Waals surface area contributed by atoms with Crippen LogP contribution in [0.25, 0.3) is 10.9 Å². The van der Waals surface area contributed by atoms with Gasteiger partial charge in [0, 0.05) is 17.3 Å². The van der Waals surface area contributed by atoms with E-state index in [1.165, 1.54) is 0 Å². The first-order valence-corrected chi connectivity index (χ1v) is 10.1. The normalized spacial score (nSPS) is 12.9. The molecule has 0 bridgehead atoms. The topological polar surface area (TPSA) is 137 Å². The Bertz CT molecular complexity index is 929. The Hall–Kier alpha value is -3.14. The van der Waals surface area contributed by atoms with Crippen molar-refractivity contribution in [2.75, 3.05) is 6.54 Å². The summed E-state index contributed by atoms with van der Waals surface area (Å²) in [5.41, 5.74) is 5.89. The zero-order chi connectivity index (χ0) is 23.1. The molecule has 0 unspecified atom stereocenters. The van der Waals surface area contributed by atoms with Gasteiger partial charge in [0.25, 0.3) is 23.4 Å². The van der Waals surface area contributed by atoms with Gasteiger partial charge in [-0.15, -0.1) is 0 Å². The third-order valence-electron chi connectivity index (χ3n) is 4.38. The lowest BCUT2D eigenvalue weighted by molar-refractivity contribution is -0.144. The van der Waals surface area contributed by atoms with Gasteiger partial charge in [0.2, 0.25) is 5.91 Å². The molecule has 9 nitrogen and oxygen atoms in total. The number of nitrogens with two attached hydrogens (primary N) is 1. The van der Waals surface area contributed by atoms with E-state index in [0.717, 1.165) is 10.9 Å². The van der Waals surface area contributed by atoms with Crippen LogP contribution in [0.5, 0.6) is 0 Å². The minimum absolute atomic E-state index is 0.00971. The molecule has 1 aromatic heterocycles. The molecule has 31 heavy (non-hydrogen) atoms. The molecule has 0 aliphatic rings. The number of halogens is 2. The maximum atomic E-state index is 13.3. The molecule has 0 fully saturated rings. The second kappa shape index (κ2) is 10.8. The first-order valence-electron chi connectivity index (χ1n) is 9.65. The first-order chi connectivity index (χ1) is 14.6. The molecular formula is C20H25ClFN5O4. The van der Waals surface area contributed by atoms with Gasteiger partial charge in [0.05, 0.1) is 6.54 Å². The standard InChI is InChI=1S/C20H25ClFN5O4/c1-11(2)9-14(19(30)26-27(8-7-16(23)28)20(31)17(21)22)25-18(29)15-10-12-5-3-4-6-13(12)24-15/h3-6,10-11,14,17,24H,7-9H2,1-2H3,(H2,23,28)(H,25,29)(H,26,30)/t14-,17-/m1/s1. The molecular weight excluding hydrogens is 429 g/mol. The van der Waals surface area contributed by atoms with E-state index in [9.17, 15) is 23.6 Å². The number of amides is 4. The van der Waals surface area contributed by atoms with Crippen LogP contribution in [0, 0.1) is 5.92 Å². The fourth-order valence-electron chi connectivity index (χ4n) is 2.91. The molecule has 0 aliphatic heterocycles. The Morgan fingerprint density at radius 1 is 1.23 bits per heavy atom. The van der Waals surface area contributed by atoms with Crippen molar-refractivity contribution in [3.05, 3.63) is 36.0 Å². The van der Waals surface area contributed by atoms with Crippen molar-refractivity contribution >= 4 is 46.1 Å². The fraction of sp³-hybridized carbons (Fsp3) is 0.400. The lowest BCUT2D eigenvalue weighted by Crippen LogP contribution is -2.56. The van der Waals surface area contributed by atoms with Gasteiger partial charge in [-0.25, -0.2) is 9.40 Å². The molecule has 0 aliphatic carbocycles. The lowest BCUT2D eigenvalue weighted by atomic mass is 10.0. The number of H-pyrrole nitrogens is 1. The molecule has 0 radical (unpaired) electrons. The number of nitrogens with zero attached hydrogens (tertiary/aromatic N) is 1. The predicted molar refractivity (Wildman–Crippen MR) is 113 cm³/mol. The van der Waals surface area contributed by atoms with E-state index in [4.69, 9.17) is 17.3 Å². The van der Waals surface area contributed by atoms with E-state index in [2.05, 4.69) is 15.7 Å². The smallest absolute Gasteiger partial charge is 0.291 e. The third kappa shape index (κ3) is 6.95. The second-order valence-electron chi connectivity index (χ2n) is 7.41. The van der Waals surface area contributed by atoms with Gasteiger partial charge in [0.1, 0.15) is 11.7 Å².